The minimum atomic E-state index is -0.478. The van der Waals surface area contributed by atoms with E-state index in [0.29, 0.717) is 16.9 Å². The molecule has 0 radical (unpaired) electrons. The average molecular weight is 316 g/mol. The molecular weight excluding hydrogens is 304 g/mol. The van der Waals surface area contributed by atoms with E-state index < -0.39 is 11.2 Å². The van der Waals surface area contributed by atoms with Gasteiger partial charge in [-0.1, -0.05) is 0 Å². The van der Waals surface area contributed by atoms with Gasteiger partial charge in [-0.15, -0.1) is 11.3 Å². The van der Waals surface area contributed by atoms with Crippen LogP contribution in [0.15, 0.2) is 21.2 Å². The third-order valence-corrected chi connectivity index (χ3v) is 4.66. The molecule has 4 aromatic rings. The van der Waals surface area contributed by atoms with Gasteiger partial charge in [0.2, 0.25) is 5.78 Å². The second-order valence-electron chi connectivity index (χ2n) is 5.06. The largest absolute Gasteiger partial charge is 0.329 e. The van der Waals surface area contributed by atoms with Crippen LogP contribution < -0.4 is 11.2 Å². The highest BCUT2D eigenvalue weighted by Crippen LogP contribution is 2.25. The van der Waals surface area contributed by atoms with E-state index in [1.54, 1.807) is 17.6 Å². The van der Waals surface area contributed by atoms with Crippen LogP contribution in [-0.4, -0.2) is 28.5 Å². The van der Waals surface area contributed by atoms with E-state index in [9.17, 15) is 9.59 Å². The summed E-state index contributed by atoms with van der Waals surface area (Å²) in [6.07, 6.45) is 1.72. The minimum absolute atomic E-state index is 0.358. The molecule has 0 atom stereocenters. The van der Waals surface area contributed by atoms with Crippen molar-refractivity contribution in [1.29, 1.82) is 0 Å². The number of thiazole rings is 1. The van der Waals surface area contributed by atoms with Crippen LogP contribution in [0.3, 0.4) is 0 Å². The molecule has 0 aliphatic heterocycles. The minimum Gasteiger partial charge on any atom is -0.279 e. The summed E-state index contributed by atoms with van der Waals surface area (Å²) in [5.41, 5.74) is 1.65. The van der Waals surface area contributed by atoms with Crippen molar-refractivity contribution >= 4 is 28.3 Å². The number of aromatic amines is 1. The predicted molar refractivity (Wildman–Crippen MR) is 83.0 cm³/mol. The highest BCUT2D eigenvalue weighted by molar-refractivity contribution is 7.12. The topological polar surface area (TPSA) is 90.0 Å². The van der Waals surface area contributed by atoms with Gasteiger partial charge in [-0.05, 0) is 13.8 Å². The SMILES string of the molecule is Cc1c(C)n2c3c(=O)[nH]c(=O)n(C)c3nc2n1-c1nccs1. The van der Waals surface area contributed by atoms with Crippen LogP contribution in [0.25, 0.3) is 22.1 Å². The molecule has 4 rings (SSSR count). The fourth-order valence-electron chi connectivity index (χ4n) is 2.67. The first-order valence-electron chi connectivity index (χ1n) is 6.60. The second-order valence-corrected chi connectivity index (χ2v) is 5.93. The third kappa shape index (κ3) is 1.45. The lowest BCUT2D eigenvalue weighted by Gasteiger charge is -2.01. The molecular formula is C13H12N6O2S. The average Bonchev–Trinajstić information content (AvgIpc) is 3.16. The molecule has 112 valence electrons. The van der Waals surface area contributed by atoms with Gasteiger partial charge in [0.05, 0.1) is 0 Å². The molecule has 9 heteroatoms. The summed E-state index contributed by atoms with van der Waals surface area (Å²) in [5, 5.41) is 2.65. The predicted octanol–water partition coefficient (Wildman–Crippen LogP) is 0.739. The number of H-pyrrole nitrogens is 1. The van der Waals surface area contributed by atoms with E-state index in [1.165, 1.54) is 15.9 Å². The fourth-order valence-corrected chi connectivity index (χ4v) is 3.36. The number of fused-ring (bicyclic) bond motifs is 3. The highest BCUT2D eigenvalue weighted by atomic mass is 32.1. The Morgan fingerprint density at radius 2 is 2.00 bits per heavy atom. The Kier molecular flexibility index (Phi) is 2.46. The molecule has 0 aromatic carbocycles. The van der Waals surface area contributed by atoms with Crippen LogP contribution in [-0.2, 0) is 7.05 Å². The third-order valence-electron chi connectivity index (χ3n) is 3.90. The van der Waals surface area contributed by atoms with Crippen molar-refractivity contribution in [1.82, 2.24) is 28.5 Å². The summed E-state index contributed by atoms with van der Waals surface area (Å²) in [5.74, 6) is 0.576. The van der Waals surface area contributed by atoms with Crippen molar-refractivity contribution in [2.75, 3.05) is 0 Å². The standard InChI is InChI=1S/C13H12N6O2S/c1-6-7(2)19(13-14-4-5-22-13)11-15-9-8(18(6)11)10(20)16-12(21)17(9)3/h4-5H,1-3H3,(H,16,20,21). The van der Waals surface area contributed by atoms with Crippen molar-refractivity contribution in [3.8, 4) is 5.13 Å². The zero-order valence-corrected chi connectivity index (χ0v) is 12.9. The normalized spacial score (nSPS) is 11.8. The van der Waals surface area contributed by atoms with Crippen LogP contribution in [0, 0.1) is 13.8 Å². The first-order valence-corrected chi connectivity index (χ1v) is 7.48. The molecule has 0 bridgehead atoms. The van der Waals surface area contributed by atoms with Gasteiger partial charge in [-0.2, -0.15) is 4.98 Å². The van der Waals surface area contributed by atoms with Crippen LogP contribution in [0.4, 0.5) is 0 Å². The van der Waals surface area contributed by atoms with Crippen molar-refractivity contribution in [2.45, 2.75) is 13.8 Å². The summed E-state index contributed by atoms with van der Waals surface area (Å²) in [6, 6.07) is 0. The Bertz CT molecular complexity index is 1140. The maximum Gasteiger partial charge on any atom is 0.329 e. The second kappa shape index (κ2) is 4.17. The van der Waals surface area contributed by atoms with E-state index in [0.717, 1.165) is 16.5 Å². The lowest BCUT2D eigenvalue weighted by atomic mass is 10.3. The molecule has 4 heterocycles. The van der Waals surface area contributed by atoms with Crippen LogP contribution >= 0.6 is 11.3 Å². The molecule has 0 aliphatic carbocycles. The molecule has 0 unspecified atom stereocenters. The Balaban J connectivity index is 2.31. The zero-order valence-electron chi connectivity index (χ0n) is 12.1. The van der Waals surface area contributed by atoms with Gasteiger partial charge < -0.3 is 0 Å². The molecule has 4 aromatic heterocycles. The van der Waals surface area contributed by atoms with Crippen molar-refractivity contribution in [2.24, 2.45) is 7.05 Å². The lowest BCUT2D eigenvalue weighted by molar-refractivity contribution is 0.830. The quantitative estimate of drug-likeness (QED) is 0.561. The number of nitrogens with one attached hydrogen (secondary N) is 1. The molecule has 0 saturated heterocycles. The van der Waals surface area contributed by atoms with Crippen molar-refractivity contribution < 1.29 is 0 Å². The highest BCUT2D eigenvalue weighted by Gasteiger charge is 2.21. The van der Waals surface area contributed by atoms with Crippen molar-refractivity contribution in [3.05, 3.63) is 43.8 Å². The number of hydrogen-bond donors (Lipinski definition) is 1. The Morgan fingerprint density at radius 3 is 2.68 bits per heavy atom. The number of aryl methyl sites for hydroxylation is 2. The Hall–Kier alpha value is -2.68. The lowest BCUT2D eigenvalue weighted by Crippen LogP contribution is -2.28. The number of hydrogen-bond acceptors (Lipinski definition) is 5. The smallest absolute Gasteiger partial charge is 0.279 e. The molecule has 8 nitrogen and oxygen atoms in total. The van der Waals surface area contributed by atoms with Crippen LogP contribution in [0.5, 0.6) is 0 Å². The maximum atomic E-state index is 12.2. The Morgan fingerprint density at radius 1 is 1.23 bits per heavy atom. The van der Waals surface area contributed by atoms with E-state index in [4.69, 9.17) is 0 Å². The van der Waals surface area contributed by atoms with Crippen LogP contribution in [0.2, 0.25) is 0 Å². The maximum absolute atomic E-state index is 12.2. The van der Waals surface area contributed by atoms with Gasteiger partial charge in [0, 0.05) is 30.0 Å². The van der Waals surface area contributed by atoms with E-state index in [2.05, 4.69) is 15.0 Å². The van der Waals surface area contributed by atoms with Crippen LogP contribution in [0.1, 0.15) is 11.4 Å². The van der Waals surface area contributed by atoms with Gasteiger partial charge in [-0.3, -0.25) is 23.3 Å². The van der Waals surface area contributed by atoms with Gasteiger partial charge in [0.25, 0.3) is 5.56 Å². The number of imidazole rings is 2. The first kappa shape index (κ1) is 13.0. The molecule has 0 amide bonds. The number of rotatable bonds is 1. The van der Waals surface area contributed by atoms with E-state index in [-0.39, 0.29) is 0 Å². The molecule has 1 N–H and O–H groups in total. The number of nitrogens with zero attached hydrogens (tertiary/aromatic N) is 5. The van der Waals surface area contributed by atoms with Crippen molar-refractivity contribution in [3.63, 3.8) is 0 Å². The van der Waals surface area contributed by atoms with Gasteiger partial charge in [0.15, 0.2) is 16.3 Å². The molecule has 0 fully saturated rings. The summed E-state index contributed by atoms with van der Waals surface area (Å²) < 4.78 is 5.00. The molecule has 0 saturated carbocycles. The molecule has 0 aliphatic rings. The Labute approximate surface area is 127 Å². The van der Waals surface area contributed by atoms with E-state index >= 15 is 0 Å². The van der Waals surface area contributed by atoms with Gasteiger partial charge >= 0.3 is 5.69 Å². The zero-order chi connectivity index (χ0) is 15.6. The molecule has 22 heavy (non-hydrogen) atoms. The summed E-state index contributed by atoms with van der Waals surface area (Å²) >= 11 is 1.48. The molecule has 0 spiro atoms. The monoisotopic (exact) mass is 316 g/mol. The fraction of sp³-hybridized carbons (Fsp3) is 0.231. The van der Waals surface area contributed by atoms with Gasteiger partial charge in [-0.25, -0.2) is 9.78 Å². The summed E-state index contributed by atoms with van der Waals surface area (Å²) in [6.45, 7) is 3.87. The first-order chi connectivity index (χ1) is 10.5. The van der Waals surface area contributed by atoms with E-state index in [1.807, 2.05) is 23.8 Å². The number of aromatic nitrogens is 6. The summed E-state index contributed by atoms with van der Waals surface area (Å²) in [7, 11) is 1.59. The summed E-state index contributed by atoms with van der Waals surface area (Å²) in [4.78, 5) is 35.1. The van der Waals surface area contributed by atoms with Gasteiger partial charge in [0.1, 0.15) is 0 Å².